The van der Waals surface area contributed by atoms with Crippen LogP contribution in [0.1, 0.15) is 34.6 Å². The van der Waals surface area contributed by atoms with Gasteiger partial charge in [-0.1, -0.05) is 48.5 Å². The largest absolute Gasteiger partial charge is 0.417 e. The van der Waals surface area contributed by atoms with Crippen LogP contribution in [0.15, 0.2) is 59.0 Å². The smallest absolute Gasteiger partial charge is 0.316 e. The van der Waals surface area contributed by atoms with E-state index in [1.54, 1.807) is 4.90 Å². The number of benzene rings is 2. The van der Waals surface area contributed by atoms with Gasteiger partial charge in [-0.15, -0.1) is 10.2 Å². The number of rotatable bonds is 4. The SMILES string of the molecule is CC1Cc2ccccc2N1C(=O)c1nnc(CCc2ccccc2)o1. The van der Waals surface area contributed by atoms with Crippen LogP contribution in [0.4, 0.5) is 5.69 Å². The van der Waals surface area contributed by atoms with E-state index in [4.69, 9.17) is 4.42 Å². The lowest BCUT2D eigenvalue weighted by molar-refractivity contribution is 0.0946. The third-order valence-corrected chi connectivity index (χ3v) is 4.55. The molecule has 1 atom stereocenters. The number of nitrogens with zero attached hydrogens (tertiary/aromatic N) is 3. The molecule has 1 amide bonds. The van der Waals surface area contributed by atoms with Gasteiger partial charge in [0.15, 0.2) is 0 Å². The Hall–Kier alpha value is -2.95. The van der Waals surface area contributed by atoms with Crippen LogP contribution in [0.2, 0.25) is 0 Å². The molecule has 0 N–H and O–H groups in total. The summed E-state index contributed by atoms with van der Waals surface area (Å²) in [6.45, 7) is 2.03. The molecule has 126 valence electrons. The Morgan fingerprint density at radius 3 is 2.68 bits per heavy atom. The Balaban J connectivity index is 1.49. The number of aryl methyl sites for hydroxylation is 2. The molecular formula is C20H19N3O2. The fraction of sp³-hybridized carbons (Fsp3) is 0.250. The molecule has 0 saturated heterocycles. The molecule has 0 spiro atoms. The number of amides is 1. The van der Waals surface area contributed by atoms with Gasteiger partial charge in [0.05, 0.1) is 0 Å². The van der Waals surface area contributed by atoms with Gasteiger partial charge < -0.3 is 9.32 Å². The summed E-state index contributed by atoms with van der Waals surface area (Å²) >= 11 is 0. The van der Waals surface area contributed by atoms with Crippen molar-refractivity contribution < 1.29 is 9.21 Å². The topological polar surface area (TPSA) is 59.2 Å². The van der Waals surface area contributed by atoms with Gasteiger partial charge in [0.25, 0.3) is 0 Å². The first-order valence-corrected chi connectivity index (χ1v) is 8.50. The van der Waals surface area contributed by atoms with Gasteiger partial charge in [0.1, 0.15) is 0 Å². The molecule has 2 aromatic carbocycles. The summed E-state index contributed by atoms with van der Waals surface area (Å²) < 4.78 is 5.63. The van der Waals surface area contributed by atoms with Gasteiger partial charge in [-0.2, -0.15) is 0 Å². The summed E-state index contributed by atoms with van der Waals surface area (Å²) in [5.41, 5.74) is 3.31. The summed E-state index contributed by atoms with van der Waals surface area (Å²) in [5, 5.41) is 8.01. The van der Waals surface area contributed by atoms with Crippen LogP contribution < -0.4 is 4.90 Å². The highest BCUT2D eigenvalue weighted by Crippen LogP contribution is 2.32. The van der Waals surface area contributed by atoms with E-state index in [1.807, 2.05) is 43.3 Å². The molecule has 3 aromatic rings. The molecule has 0 bridgehead atoms. The summed E-state index contributed by atoms with van der Waals surface area (Å²) in [5.74, 6) is 0.329. The zero-order valence-electron chi connectivity index (χ0n) is 14.1. The highest BCUT2D eigenvalue weighted by molar-refractivity contribution is 6.04. The van der Waals surface area contributed by atoms with Crippen LogP contribution in [0.25, 0.3) is 0 Å². The van der Waals surface area contributed by atoms with Gasteiger partial charge in [-0.25, -0.2) is 0 Å². The van der Waals surface area contributed by atoms with E-state index >= 15 is 0 Å². The minimum Gasteiger partial charge on any atom is -0.417 e. The zero-order valence-corrected chi connectivity index (χ0v) is 14.1. The monoisotopic (exact) mass is 333 g/mol. The lowest BCUT2D eigenvalue weighted by atomic mass is 10.1. The van der Waals surface area contributed by atoms with Crippen LogP contribution >= 0.6 is 0 Å². The Morgan fingerprint density at radius 1 is 1.08 bits per heavy atom. The highest BCUT2D eigenvalue weighted by atomic mass is 16.4. The van der Waals surface area contributed by atoms with Crippen molar-refractivity contribution in [2.24, 2.45) is 0 Å². The molecule has 5 nitrogen and oxygen atoms in total. The van der Waals surface area contributed by atoms with E-state index in [0.717, 1.165) is 18.5 Å². The normalized spacial score (nSPS) is 16.0. The van der Waals surface area contributed by atoms with Gasteiger partial charge in [-0.05, 0) is 37.0 Å². The lowest BCUT2D eigenvalue weighted by Gasteiger charge is -2.20. The summed E-state index contributed by atoms with van der Waals surface area (Å²) in [6.07, 6.45) is 2.27. The van der Waals surface area contributed by atoms with Gasteiger partial charge in [0, 0.05) is 18.2 Å². The second kappa shape index (κ2) is 6.51. The van der Waals surface area contributed by atoms with E-state index in [-0.39, 0.29) is 17.8 Å². The first-order chi connectivity index (χ1) is 12.2. The fourth-order valence-electron chi connectivity index (χ4n) is 3.32. The van der Waals surface area contributed by atoms with E-state index in [9.17, 15) is 4.79 Å². The number of anilines is 1. The van der Waals surface area contributed by atoms with Crippen molar-refractivity contribution in [1.82, 2.24) is 10.2 Å². The van der Waals surface area contributed by atoms with Gasteiger partial charge in [-0.3, -0.25) is 4.79 Å². The standard InChI is InChI=1S/C20H19N3O2/c1-14-13-16-9-5-6-10-17(16)23(14)20(24)19-22-21-18(25-19)12-11-15-7-3-2-4-8-15/h2-10,14H,11-13H2,1H3. The molecule has 0 aliphatic carbocycles. The molecule has 0 saturated carbocycles. The van der Waals surface area contributed by atoms with Gasteiger partial charge >= 0.3 is 11.8 Å². The van der Waals surface area contributed by atoms with E-state index in [1.165, 1.54) is 11.1 Å². The Morgan fingerprint density at radius 2 is 1.84 bits per heavy atom. The van der Waals surface area contributed by atoms with Crippen LogP contribution in [-0.4, -0.2) is 22.1 Å². The molecule has 1 aliphatic rings. The zero-order chi connectivity index (χ0) is 17.2. The Bertz CT molecular complexity index is 889. The molecule has 1 unspecified atom stereocenters. The van der Waals surface area contributed by atoms with Crippen molar-refractivity contribution in [3.63, 3.8) is 0 Å². The fourth-order valence-corrected chi connectivity index (χ4v) is 3.32. The van der Waals surface area contributed by atoms with Crippen molar-refractivity contribution in [2.45, 2.75) is 32.2 Å². The molecule has 2 heterocycles. The molecule has 5 heteroatoms. The van der Waals surface area contributed by atoms with Gasteiger partial charge in [0.2, 0.25) is 5.89 Å². The Kier molecular flexibility index (Phi) is 4.06. The summed E-state index contributed by atoms with van der Waals surface area (Å²) in [7, 11) is 0. The lowest BCUT2D eigenvalue weighted by Crippen LogP contribution is -2.35. The molecule has 4 rings (SSSR count). The average Bonchev–Trinajstić information content (AvgIpc) is 3.24. The Labute approximate surface area is 146 Å². The average molecular weight is 333 g/mol. The van der Waals surface area contributed by atoms with Crippen molar-refractivity contribution in [3.8, 4) is 0 Å². The quantitative estimate of drug-likeness (QED) is 0.734. The first kappa shape index (κ1) is 15.6. The third kappa shape index (κ3) is 3.05. The molecule has 1 aliphatic heterocycles. The van der Waals surface area contributed by atoms with Crippen molar-refractivity contribution in [3.05, 3.63) is 77.5 Å². The first-order valence-electron chi connectivity index (χ1n) is 8.50. The van der Waals surface area contributed by atoms with Crippen LogP contribution in [-0.2, 0) is 19.3 Å². The van der Waals surface area contributed by atoms with Crippen molar-refractivity contribution >= 4 is 11.6 Å². The molecule has 1 aromatic heterocycles. The number of hydrogen-bond donors (Lipinski definition) is 0. The molecule has 0 fully saturated rings. The number of carbonyl (C=O) groups excluding carboxylic acids is 1. The predicted octanol–water partition coefficient (Wildman–Crippen LogP) is 3.45. The van der Waals surface area contributed by atoms with E-state index < -0.39 is 0 Å². The highest BCUT2D eigenvalue weighted by Gasteiger charge is 2.33. The number of hydrogen-bond acceptors (Lipinski definition) is 4. The van der Waals surface area contributed by atoms with Crippen LogP contribution in [0, 0.1) is 0 Å². The van der Waals surface area contributed by atoms with Crippen molar-refractivity contribution in [1.29, 1.82) is 0 Å². The second-order valence-corrected chi connectivity index (χ2v) is 6.34. The maximum Gasteiger partial charge on any atom is 0.316 e. The maximum absolute atomic E-state index is 12.8. The van der Waals surface area contributed by atoms with E-state index in [0.29, 0.717) is 12.3 Å². The second-order valence-electron chi connectivity index (χ2n) is 6.34. The molecular weight excluding hydrogens is 314 g/mol. The number of para-hydroxylation sites is 1. The minimum atomic E-state index is -0.226. The number of fused-ring (bicyclic) bond motifs is 1. The third-order valence-electron chi connectivity index (χ3n) is 4.55. The molecule has 0 radical (unpaired) electrons. The van der Waals surface area contributed by atoms with E-state index in [2.05, 4.69) is 28.4 Å². The number of aromatic nitrogens is 2. The minimum absolute atomic E-state index is 0.0617. The van der Waals surface area contributed by atoms with Crippen molar-refractivity contribution in [2.75, 3.05) is 4.90 Å². The summed E-state index contributed by atoms with van der Waals surface area (Å²) in [6, 6.07) is 18.2. The summed E-state index contributed by atoms with van der Waals surface area (Å²) in [4.78, 5) is 14.6. The van der Waals surface area contributed by atoms with Crippen LogP contribution in [0.5, 0.6) is 0 Å². The maximum atomic E-state index is 12.8. The molecule has 25 heavy (non-hydrogen) atoms. The number of carbonyl (C=O) groups is 1. The van der Waals surface area contributed by atoms with Crippen LogP contribution in [0.3, 0.4) is 0 Å². The predicted molar refractivity (Wildman–Crippen MR) is 94.6 cm³/mol.